The van der Waals surface area contributed by atoms with Crippen LogP contribution < -0.4 is 15.4 Å². The molecule has 4 rings (SSSR count). The van der Waals surface area contributed by atoms with Crippen molar-refractivity contribution in [3.63, 3.8) is 0 Å². The maximum Gasteiger partial charge on any atom is 0.253 e. The van der Waals surface area contributed by atoms with Crippen LogP contribution in [0, 0.1) is 12.7 Å². The number of hydrogen-bond donors (Lipinski definition) is 2. The molecule has 1 aromatic heterocycles. The van der Waals surface area contributed by atoms with Crippen molar-refractivity contribution < 1.29 is 13.9 Å². The molecule has 0 aliphatic carbocycles. The van der Waals surface area contributed by atoms with Crippen LogP contribution in [0.15, 0.2) is 42.7 Å². The van der Waals surface area contributed by atoms with E-state index in [1.807, 2.05) is 11.0 Å². The van der Waals surface area contributed by atoms with Gasteiger partial charge in [0, 0.05) is 26.2 Å². The van der Waals surface area contributed by atoms with Crippen LogP contribution in [-0.2, 0) is 5.41 Å². The highest BCUT2D eigenvalue weighted by molar-refractivity contribution is 7.80. The summed E-state index contributed by atoms with van der Waals surface area (Å²) in [4.78, 5) is 18.8. The zero-order chi connectivity index (χ0) is 23.6. The molecule has 0 spiro atoms. The highest BCUT2D eigenvalue weighted by atomic mass is 32.1. The smallest absolute Gasteiger partial charge is 0.253 e. The van der Waals surface area contributed by atoms with Crippen molar-refractivity contribution in [2.24, 2.45) is 0 Å². The Labute approximate surface area is 201 Å². The molecule has 1 fully saturated rings. The van der Waals surface area contributed by atoms with E-state index in [2.05, 4.69) is 20.0 Å². The summed E-state index contributed by atoms with van der Waals surface area (Å²) in [5.74, 6) is 0.123. The van der Waals surface area contributed by atoms with Crippen molar-refractivity contribution in [3.05, 3.63) is 70.2 Å². The van der Waals surface area contributed by atoms with Gasteiger partial charge in [0.2, 0.25) is 0 Å². The summed E-state index contributed by atoms with van der Waals surface area (Å²) in [6.45, 7) is 2.89. The van der Waals surface area contributed by atoms with E-state index in [9.17, 15) is 9.18 Å². The second-order valence-electron chi connectivity index (χ2n) is 7.88. The lowest BCUT2D eigenvalue weighted by atomic mass is 9.80. The number of anilines is 1. The van der Waals surface area contributed by atoms with E-state index in [4.69, 9.17) is 17.0 Å². The Morgan fingerprint density at radius 3 is 2.79 bits per heavy atom. The van der Waals surface area contributed by atoms with Crippen LogP contribution in [0.25, 0.3) is 0 Å². The number of methoxy groups -OCH3 is 1. The molecule has 2 N–H and O–H groups in total. The first-order valence-electron chi connectivity index (χ1n) is 10.4. The van der Waals surface area contributed by atoms with Gasteiger partial charge in [0.15, 0.2) is 5.11 Å². The SMILES string of the molecule is CNC(=O)c1ccc(OC)cc1NC(=S)N1CCC(c2ccc(C)c(F)c2)(c2ncns2)C1. The number of carbonyl (C=O) groups excluding carboxylic acids is 1. The third-order valence-corrected chi connectivity index (χ3v) is 7.22. The van der Waals surface area contributed by atoms with Crippen LogP contribution in [-0.4, -0.2) is 52.5 Å². The van der Waals surface area contributed by atoms with Gasteiger partial charge in [-0.1, -0.05) is 12.1 Å². The Hall–Kier alpha value is -3.11. The summed E-state index contributed by atoms with van der Waals surface area (Å²) in [5, 5.41) is 7.13. The summed E-state index contributed by atoms with van der Waals surface area (Å²) < 4.78 is 24.0. The molecule has 33 heavy (non-hydrogen) atoms. The lowest BCUT2D eigenvalue weighted by Gasteiger charge is -2.29. The zero-order valence-corrected chi connectivity index (χ0v) is 20.1. The number of amides is 1. The summed E-state index contributed by atoms with van der Waals surface area (Å²) in [6.07, 6.45) is 2.23. The minimum atomic E-state index is -0.528. The van der Waals surface area contributed by atoms with E-state index in [-0.39, 0.29) is 11.7 Å². The molecule has 3 aromatic rings. The van der Waals surface area contributed by atoms with E-state index in [1.54, 1.807) is 51.4 Å². The number of nitrogens with zero attached hydrogens (tertiary/aromatic N) is 3. The zero-order valence-electron chi connectivity index (χ0n) is 18.5. The van der Waals surface area contributed by atoms with Crippen LogP contribution in [0.4, 0.5) is 10.1 Å². The summed E-state index contributed by atoms with van der Waals surface area (Å²) >= 11 is 7.03. The second kappa shape index (κ2) is 9.40. The Morgan fingerprint density at radius 1 is 1.30 bits per heavy atom. The number of aromatic nitrogens is 2. The van der Waals surface area contributed by atoms with Gasteiger partial charge in [0.05, 0.1) is 23.8 Å². The highest BCUT2D eigenvalue weighted by Gasteiger charge is 2.44. The van der Waals surface area contributed by atoms with Crippen molar-refractivity contribution in [2.75, 3.05) is 32.6 Å². The molecule has 1 aliphatic heterocycles. The first-order chi connectivity index (χ1) is 15.9. The quantitative estimate of drug-likeness (QED) is 0.533. The highest BCUT2D eigenvalue weighted by Crippen LogP contribution is 2.42. The minimum Gasteiger partial charge on any atom is -0.497 e. The molecule has 1 aliphatic rings. The fourth-order valence-electron chi connectivity index (χ4n) is 4.07. The van der Waals surface area contributed by atoms with E-state index in [1.165, 1.54) is 17.9 Å². The predicted octanol–water partition coefficient (Wildman–Crippen LogP) is 3.74. The van der Waals surface area contributed by atoms with Gasteiger partial charge < -0.3 is 20.3 Å². The molecule has 2 heterocycles. The maximum absolute atomic E-state index is 14.5. The summed E-state index contributed by atoms with van der Waals surface area (Å²) in [5.41, 5.74) is 1.92. The third kappa shape index (κ3) is 4.40. The molecule has 1 unspecified atom stereocenters. The van der Waals surface area contributed by atoms with Gasteiger partial charge >= 0.3 is 0 Å². The number of ether oxygens (including phenoxy) is 1. The molecule has 1 amide bonds. The van der Waals surface area contributed by atoms with Crippen molar-refractivity contribution in [2.45, 2.75) is 18.8 Å². The first kappa shape index (κ1) is 23.1. The van der Waals surface area contributed by atoms with Gasteiger partial charge in [0.1, 0.15) is 22.9 Å². The number of rotatable bonds is 5. The van der Waals surface area contributed by atoms with Crippen molar-refractivity contribution in [3.8, 4) is 5.75 Å². The molecule has 172 valence electrons. The molecule has 0 bridgehead atoms. The van der Waals surface area contributed by atoms with E-state index < -0.39 is 5.41 Å². The Balaban J connectivity index is 1.64. The van der Waals surface area contributed by atoms with Crippen LogP contribution in [0.1, 0.15) is 32.9 Å². The summed E-state index contributed by atoms with van der Waals surface area (Å²) in [7, 11) is 3.14. The van der Waals surface area contributed by atoms with E-state index in [0.717, 1.165) is 10.6 Å². The Bertz CT molecular complexity index is 1190. The van der Waals surface area contributed by atoms with Crippen LogP contribution in [0.3, 0.4) is 0 Å². The van der Waals surface area contributed by atoms with Gasteiger partial charge in [-0.05, 0) is 66.4 Å². The topological polar surface area (TPSA) is 79.4 Å². The predicted molar refractivity (Wildman–Crippen MR) is 131 cm³/mol. The molecule has 2 aromatic carbocycles. The number of aryl methyl sites for hydroxylation is 1. The van der Waals surface area contributed by atoms with Crippen molar-refractivity contribution in [1.29, 1.82) is 0 Å². The lowest BCUT2D eigenvalue weighted by Crippen LogP contribution is -2.38. The fourth-order valence-corrected chi connectivity index (χ4v) is 5.09. The molecule has 0 radical (unpaired) electrons. The van der Waals surface area contributed by atoms with Gasteiger partial charge in [-0.3, -0.25) is 4.79 Å². The number of carbonyl (C=O) groups is 1. The molecule has 1 atom stereocenters. The second-order valence-corrected chi connectivity index (χ2v) is 9.05. The largest absolute Gasteiger partial charge is 0.497 e. The maximum atomic E-state index is 14.5. The number of likely N-dealkylation sites (tertiary alicyclic amines) is 1. The standard InChI is InChI=1S/C23H24FN5O2S2/c1-14-4-5-15(10-18(14)24)23(21-26-13-27-33-21)8-9-29(12-23)22(32)28-19-11-16(31-3)6-7-17(19)20(30)25-2/h4-7,10-11,13H,8-9,12H2,1-3H3,(H,25,30)(H,28,32). The number of nitrogens with one attached hydrogen (secondary N) is 2. The third-order valence-electron chi connectivity index (χ3n) is 5.99. The van der Waals surface area contributed by atoms with E-state index in [0.29, 0.717) is 47.2 Å². The lowest BCUT2D eigenvalue weighted by molar-refractivity contribution is 0.0964. The number of thiocarbonyl (C=S) groups is 1. The summed E-state index contributed by atoms with van der Waals surface area (Å²) in [6, 6.07) is 10.5. The van der Waals surface area contributed by atoms with Gasteiger partial charge in [0.25, 0.3) is 5.91 Å². The minimum absolute atomic E-state index is 0.234. The molecular weight excluding hydrogens is 461 g/mol. The van der Waals surface area contributed by atoms with Crippen molar-refractivity contribution in [1.82, 2.24) is 19.6 Å². The van der Waals surface area contributed by atoms with Crippen LogP contribution >= 0.6 is 23.8 Å². The molecule has 7 nitrogen and oxygen atoms in total. The Kier molecular flexibility index (Phi) is 6.57. The number of benzene rings is 2. The number of halogens is 1. The Morgan fingerprint density at radius 2 is 2.12 bits per heavy atom. The monoisotopic (exact) mass is 485 g/mol. The van der Waals surface area contributed by atoms with Gasteiger partial charge in [-0.15, -0.1) is 0 Å². The average molecular weight is 486 g/mol. The molecular formula is C23H24FN5O2S2. The molecule has 0 saturated carbocycles. The van der Waals surface area contributed by atoms with Gasteiger partial charge in [-0.2, -0.15) is 4.37 Å². The van der Waals surface area contributed by atoms with Crippen molar-refractivity contribution >= 4 is 40.5 Å². The number of hydrogen-bond acceptors (Lipinski definition) is 6. The molecule has 10 heteroatoms. The van der Waals surface area contributed by atoms with E-state index >= 15 is 0 Å². The fraction of sp³-hybridized carbons (Fsp3) is 0.304. The average Bonchev–Trinajstić information content (AvgIpc) is 3.51. The first-order valence-corrected chi connectivity index (χ1v) is 11.6. The molecule has 1 saturated heterocycles. The normalized spacial score (nSPS) is 17.6. The van der Waals surface area contributed by atoms with Gasteiger partial charge in [-0.25, -0.2) is 9.37 Å². The van der Waals surface area contributed by atoms with Crippen LogP contribution in [0.2, 0.25) is 0 Å². The van der Waals surface area contributed by atoms with Crippen LogP contribution in [0.5, 0.6) is 5.75 Å².